The van der Waals surface area contributed by atoms with Crippen LogP contribution in [0.2, 0.25) is 0 Å². The largest absolute Gasteiger partial charge is 0.388 e. The van der Waals surface area contributed by atoms with Crippen LogP contribution in [0.5, 0.6) is 0 Å². The van der Waals surface area contributed by atoms with Crippen LogP contribution >= 0.6 is 0 Å². The topological polar surface area (TPSA) is 20.2 Å². The molecule has 0 aromatic heterocycles. The molecule has 0 aliphatic heterocycles. The Morgan fingerprint density at radius 3 is 2.38 bits per heavy atom. The second-order valence-electron chi connectivity index (χ2n) is 6.39. The van der Waals surface area contributed by atoms with Gasteiger partial charge in [-0.3, -0.25) is 0 Å². The summed E-state index contributed by atoms with van der Waals surface area (Å²) >= 11 is 0. The molecule has 0 bridgehead atoms. The average molecular weight is 282 g/mol. The van der Waals surface area contributed by atoms with Crippen LogP contribution in [0.3, 0.4) is 0 Å². The Balaban J connectivity index is 1.98. The van der Waals surface area contributed by atoms with Gasteiger partial charge in [-0.15, -0.1) is 0 Å². The molecule has 0 aliphatic carbocycles. The minimum Gasteiger partial charge on any atom is -0.388 e. The molecule has 2 rings (SSSR count). The zero-order chi connectivity index (χ0) is 15.2. The summed E-state index contributed by atoms with van der Waals surface area (Å²) in [7, 11) is 0. The molecule has 0 radical (unpaired) electrons. The Labute approximate surface area is 128 Å². The van der Waals surface area contributed by atoms with E-state index in [0.29, 0.717) is 5.92 Å². The van der Waals surface area contributed by atoms with E-state index < -0.39 is 0 Å². The van der Waals surface area contributed by atoms with E-state index in [4.69, 9.17) is 0 Å². The van der Waals surface area contributed by atoms with E-state index in [1.54, 1.807) is 0 Å². The minimum absolute atomic E-state index is 0.377. The molecule has 0 fully saturated rings. The third-order valence-corrected chi connectivity index (χ3v) is 3.77. The van der Waals surface area contributed by atoms with Crippen molar-refractivity contribution >= 4 is 0 Å². The second-order valence-corrected chi connectivity index (χ2v) is 6.39. The van der Waals surface area contributed by atoms with Crippen LogP contribution in [0.4, 0.5) is 0 Å². The molecule has 21 heavy (non-hydrogen) atoms. The quantitative estimate of drug-likeness (QED) is 0.802. The molecular weight excluding hydrogens is 256 g/mol. The number of aliphatic hydroxyl groups excluding tert-OH is 1. The molecular formula is C20H26O. The third-order valence-electron chi connectivity index (χ3n) is 3.77. The van der Waals surface area contributed by atoms with Crippen molar-refractivity contribution in [2.45, 2.75) is 46.1 Å². The fourth-order valence-corrected chi connectivity index (χ4v) is 2.74. The summed E-state index contributed by atoms with van der Waals surface area (Å²) in [5.74, 6) is 0.643. The van der Waals surface area contributed by atoms with Crippen LogP contribution in [0.1, 0.15) is 48.6 Å². The Morgan fingerprint density at radius 2 is 1.67 bits per heavy atom. The fraction of sp³-hybridized carbons (Fsp3) is 0.400. The molecule has 0 saturated heterocycles. The third kappa shape index (κ3) is 5.02. The van der Waals surface area contributed by atoms with Crippen molar-refractivity contribution < 1.29 is 5.11 Å². The van der Waals surface area contributed by atoms with E-state index >= 15 is 0 Å². The number of hydrogen-bond acceptors (Lipinski definition) is 1. The van der Waals surface area contributed by atoms with Crippen LogP contribution in [0.15, 0.2) is 48.5 Å². The van der Waals surface area contributed by atoms with Crippen molar-refractivity contribution in [3.8, 4) is 0 Å². The van der Waals surface area contributed by atoms with Gasteiger partial charge in [-0.25, -0.2) is 0 Å². The molecule has 1 N–H and O–H groups in total. The highest BCUT2D eigenvalue weighted by molar-refractivity contribution is 5.26. The Kier molecular flexibility index (Phi) is 5.58. The number of benzene rings is 2. The standard InChI is InChI=1S/C20H26O/c1-15(2)12-18-8-5-9-19(14-18)20(21)11-10-17-7-4-6-16(3)13-17/h4-9,13-15,20-21H,10-12H2,1-3H3. The zero-order valence-corrected chi connectivity index (χ0v) is 13.3. The predicted molar refractivity (Wildman–Crippen MR) is 89.4 cm³/mol. The molecule has 0 spiro atoms. The SMILES string of the molecule is Cc1cccc(CCC(O)c2cccc(CC(C)C)c2)c1. The van der Waals surface area contributed by atoms with Gasteiger partial charge in [-0.05, 0) is 48.8 Å². The molecule has 2 aromatic carbocycles. The van der Waals surface area contributed by atoms with Crippen molar-refractivity contribution in [2.75, 3.05) is 0 Å². The lowest BCUT2D eigenvalue weighted by Crippen LogP contribution is -2.02. The first kappa shape index (κ1) is 15.8. The van der Waals surface area contributed by atoms with E-state index in [2.05, 4.69) is 63.2 Å². The number of aliphatic hydroxyl groups is 1. The van der Waals surface area contributed by atoms with E-state index in [1.165, 1.54) is 16.7 Å². The van der Waals surface area contributed by atoms with Crippen LogP contribution < -0.4 is 0 Å². The highest BCUT2D eigenvalue weighted by Gasteiger charge is 2.09. The van der Waals surface area contributed by atoms with Gasteiger partial charge in [0.05, 0.1) is 6.10 Å². The van der Waals surface area contributed by atoms with Crippen molar-refractivity contribution in [3.05, 3.63) is 70.8 Å². The van der Waals surface area contributed by atoms with Crippen molar-refractivity contribution in [2.24, 2.45) is 5.92 Å². The van der Waals surface area contributed by atoms with Gasteiger partial charge in [0.25, 0.3) is 0 Å². The van der Waals surface area contributed by atoms with Crippen molar-refractivity contribution in [1.82, 2.24) is 0 Å². The van der Waals surface area contributed by atoms with Gasteiger partial charge in [-0.1, -0.05) is 67.9 Å². The molecule has 0 amide bonds. The number of aryl methyl sites for hydroxylation is 2. The first-order valence-corrected chi connectivity index (χ1v) is 7.87. The van der Waals surface area contributed by atoms with Gasteiger partial charge in [0.2, 0.25) is 0 Å². The highest BCUT2D eigenvalue weighted by atomic mass is 16.3. The molecule has 0 saturated carbocycles. The van der Waals surface area contributed by atoms with E-state index in [-0.39, 0.29) is 6.10 Å². The maximum absolute atomic E-state index is 10.4. The Morgan fingerprint density at radius 1 is 0.952 bits per heavy atom. The second kappa shape index (κ2) is 7.42. The monoisotopic (exact) mass is 282 g/mol. The van der Waals surface area contributed by atoms with Crippen LogP contribution in [0.25, 0.3) is 0 Å². The van der Waals surface area contributed by atoms with E-state index in [9.17, 15) is 5.11 Å². The maximum Gasteiger partial charge on any atom is 0.0793 e. The lowest BCUT2D eigenvalue weighted by atomic mass is 9.96. The summed E-state index contributed by atoms with van der Waals surface area (Å²) in [6, 6.07) is 16.9. The molecule has 1 atom stereocenters. The highest BCUT2D eigenvalue weighted by Crippen LogP contribution is 2.21. The first-order chi connectivity index (χ1) is 10.0. The zero-order valence-electron chi connectivity index (χ0n) is 13.3. The molecule has 112 valence electrons. The lowest BCUT2D eigenvalue weighted by Gasteiger charge is -2.13. The van der Waals surface area contributed by atoms with Crippen LogP contribution in [-0.2, 0) is 12.8 Å². The molecule has 0 aliphatic rings. The van der Waals surface area contributed by atoms with E-state index in [1.807, 2.05) is 6.07 Å². The summed E-state index contributed by atoms with van der Waals surface area (Å²) in [6.45, 7) is 6.55. The summed E-state index contributed by atoms with van der Waals surface area (Å²) in [5.41, 5.74) is 4.94. The van der Waals surface area contributed by atoms with Gasteiger partial charge in [0.1, 0.15) is 0 Å². The molecule has 1 nitrogen and oxygen atoms in total. The summed E-state index contributed by atoms with van der Waals surface area (Å²) in [4.78, 5) is 0. The van der Waals surface area contributed by atoms with Gasteiger partial charge in [-0.2, -0.15) is 0 Å². The molecule has 1 heteroatoms. The van der Waals surface area contributed by atoms with E-state index in [0.717, 1.165) is 24.8 Å². The number of hydrogen-bond donors (Lipinski definition) is 1. The van der Waals surface area contributed by atoms with Gasteiger partial charge in [0.15, 0.2) is 0 Å². The summed E-state index contributed by atoms with van der Waals surface area (Å²) in [6.07, 6.45) is 2.38. The van der Waals surface area contributed by atoms with Crippen molar-refractivity contribution in [1.29, 1.82) is 0 Å². The Bertz CT molecular complexity index is 572. The average Bonchev–Trinajstić information content (AvgIpc) is 2.44. The maximum atomic E-state index is 10.4. The van der Waals surface area contributed by atoms with Crippen LogP contribution in [-0.4, -0.2) is 5.11 Å². The molecule has 0 heterocycles. The Hall–Kier alpha value is -1.60. The number of rotatable bonds is 6. The predicted octanol–water partition coefficient (Wildman–Crippen LogP) is 4.86. The normalized spacial score (nSPS) is 12.6. The smallest absolute Gasteiger partial charge is 0.0793 e. The van der Waals surface area contributed by atoms with Crippen LogP contribution in [0, 0.1) is 12.8 Å². The first-order valence-electron chi connectivity index (χ1n) is 7.87. The van der Waals surface area contributed by atoms with Gasteiger partial charge in [0, 0.05) is 0 Å². The summed E-state index contributed by atoms with van der Waals surface area (Å²) in [5, 5.41) is 10.4. The van der Waals surface area contributed by atoms with Gasteiger partial charge >= 0.3 is 0 Å². The molecule has 1 unspecified atom stereocenters. The van der Waals surface area contributed by atoms with Gasteiger partial charge < -0.3 is 5.11 Å². The minimum atomic E-state index is -0.377. The lowest BCUT2D eigenvalue weighted by molar-refractivity contribution is 0.167. The summed E-state index contributed by atoms with van der Waals surface area (Å²) < 4.78 is 0. The fourth-order valence-electron chi connectivity index (χ4n) is 2.74. The molecule has 2 aromatic rings. The van der Waals surface area contributed by atoms with Crippen molar-refractivity contribution in [3.63, 3.8) is 0 Å².